The number of hydrogen-bond acceptors (Lipinski definition) is 6. The molecule has 7 nitrogen and oxygen atoms in total. The molecular weight excluding hydrogens is 539 g/mol. The van der Waals surface area contributed by atoms with Gasteiger partial charge in [-0.05, 0) is 64.7 Å². The van der Waals surface area contributed by atoms with Crippen LogP contribution in [0.15, 0.2) is 78.6 Å². The van der Waals surface area contributed by atoms with Crippen molar-refractivity contribution in [2.45, 2.75) is 39.9 Å². The molecule has 202 valence electrons. The SMILES string of the molecule is CC(C)CC(=O)N(Cc1cncn1Cc1ccc(C#N)cc1)c1ccc2sc(C(=O)NCc3cccs3)cc2c1. The summed E-state index contributed by atoms with van der Waals surface area (Å²) in [5, 5.41) is 15.0. The Hall–Kier alpha value is -4.26. The number of benzene rings is 2. The minimum Gasteiger partial charge on any atom is -0.346 e. The van der Waals surface area contributed by atoms with Gasteiger partial charge in [0.15, 0.2) is 0 Å². The summed E-state index contributed by atoms with van der Waals surface area (Å²) in [4.78, 5) is 34.2. The summed E-state index contributed by atoms with van der Waals surface area (Å²) in [6.07, 6.45) is 3.97. The maximum atomic E-state index is 13.5. The van der Waals surface area contributed by atoms with Crippen molar-refractivity contribution in [3.05, 3.63) is 105 Å². The van der Waals surface area contributed by atoms with Gasteiger partial charge in [-0.25, -0.2) is 4.98 Å². The Morgan fingerprint density at radius 2 is 1.95 bits per heavy atom. The third kappa shape index (κ3) is 6.47. The number of aromatic nitrogens is 2. The molecule has 2 aromatic carbocycles. The van der Waals surface area contributed by atoms with Crippen LogP contribution < -0.4 is 10.2 Å². The highest BCUT2D eigenvalue weighted by Crippen LogP contribution is 2.31. The van der Waals surface area contributed by atoms with Crippen molar-refractivity contribution in [1.29, 1.82) is 5.26 Å². The summed E-state index contributed by atoms with van der Waals surface area (Å²) in [7, 11) is 0. The summed E-state index contributed by atoms with van der Waals surface area (Å²) in [6, 6.07) is 21.4. The summed E-state index contributed by atoms with van der Waals surface area (Å²) in [5.74, 6) is 0.141. The molecule has 1 N–H and O–H groups in total. The molecule has 5 aromatic rings. The number of carbonyl (C=O) groups excluding carboxylic acids is 2. The van der Waals surface area contributed by atoms with Crippen molar-refractivity contribution in [3.8, 4) is 6.07 Å². The Balaban J connectivity index is 1.38. The van der Waals surface area contributed by atoms with E-state index in [0.29, 0.717) is 36.5 Å². The fraction of sp³-hybridized carbons (Fsp3) is 0.226. The number of thiophene rings is 2. The van der Waals surface area contributed by atoms with Crippen molar-refractivity contribution in [2.75, 3.05) is 4.90 Å². The fourth-order valence-corrected chi connectivity index (χ4v) is 6.03. The van der Waals surface area contributed by atoms with Gasteiger partial charge in [0.1, 0.15) is 0 Å². The first-order chi connectivity index (χ1) is 19.4. The second-order valence-corrected chi connectivity index (χ2v) is 12.1. The summed E-state index contributed by atoms with van der Waals surface area (Å²) >= 11 is 3.06. The summed E-state index contributed by atoms with van der Waals surface area (Å²) in [6.45, 7) is 5.53. The molecule has 0 unspecified atom stereocenters. The molecule has 0 saturated heterocycles. The number of nitrogens with zero attached hydrogens (tertiary/aromatic N) is 4. The van der Waals surface area contributed by atoms with Crippen molar-refractivity contribution >= 4 is 50.3 Å². The number of anilines is 1. The van der Waals surface area contributed by atoms with Gasteiger partial charge < -0.3 is 14.8 Å². The number of carbonyl (C=O) groups is 2. The van der Waals surface area contributed by atoms with Crippen molar-refractivity contribution in [2.24, 2.45) is 5.92 Å². The van der Waals surface area contributed by atoms with Crippen molar-refractivity contribution < 1.29 is 9.59 Å². The van der Waals surface area contributed by atoms with E-state index in [1.165, 1.54) is 11.3 Å². The van der Waals surface area contributed by atoms with Gasteiger partial charge in [-0.1, -0.05) is 32.0 Å². The first kappa shape index (κ1) is 27.3. The number of nitriles is 1. The van der Waals surface area contributed by atoms with Crippen LogP contribution in [0, 0.1) is 17.2 Å². The molecule has 2 amide bonds. The average Bonchev–Trinajstić information content (AvgIpc) is 3.71. The smallest absolute Gasteiger partial charge is 0.261 e. The standard InChI is InChI=1S/C31H29N5O2S2/c1-21(2)12-30(37)36(19-26-16-33-20-35(26)18-23-7-5-22(15-32)6-8-23)25-9-10-28-24(13-25)14-29(40-28)31(38)34-17-27-4-3-11-39-27/h3-11,13-14,16,20-21H,12,17-19H2,1-2H3,(H,34,38). The minimum atomic E-state index is -0.101. The van der Waals surface area contributed by atoms with Crippen LogP contribution in [0.3, 0.4) is 0 Å². The zero-order valence-electron chi connectivity index (χ0n) is 22.3. The highest BCUT2D eigenvalue weighted by Gasteiger charge is 2.21. The molecule has 0 bridgehead atoms. The van der Waals surface area contributed by atoms with Gasteiger partial charge in [0, 0.05) is 34.4 Å². The lowest BCUT2D eigenvalue weighted by Gasteiger charge is -2.24. The van der Waals surface area contributed by atoms with Crippen LogP contribution in [0.2, 0.25) is 0 Å². The molecule has 40 heavy (non-hydrogen) atoms. The van der Waals surface area contributed by atoms with Crippen LogP contribution in [0.5, 0.6) is 0 Å². The summed E-state index contributed by atoms with van der Waals surface area (Å²) < 4.78 is 3.02. The predicted molar refractivity (Wildman–Crippen MR) is 160 cm³/mol. The zero-order valence-corrected chi connectivity index (χ0v) is 24.0. The van der Waals surface area contributed by atoms with Gasteiger partial charge in [0.2, 0.25) is 5.91 Å². The normalized spacial score (nSPS) is 11.1. The molecule has 0 aliphatic rings. The molecule has 0 fully saturated rings. The van der Waals surface area contributed by atoms with Gasteiger partial charge in [-0.3, -0.25) is 9.59 Å². The molecule has 0 aliphatic heterocycles. The Morgan fingerprint density at radius 1 is 1.12 bits per heavy atom. The Kier molecular flexibility index (Phi) is 8.39. The van der Waals surface area contributed by atoms with Crippen LogP contribution in [0.4, 0.5) is 5.69 Å². The molecule has 0 radical (unpaired) electrons. The van der Waals surface area contributed by atoms with Crippen LogP contribution in [0.25, 0.3) is 10.1 Å². The largest absolute Gasteiger partial charge is 0.346 e. The maximum absolute atomic E-state index is 13.5. The summed E-state index contributed by atoms with van der Waals surface area (Å²) in [5.41, 5.74) is 3.35. The van der Waals surface area contributed by atoms with Gasteiger partial charge in [0.25, 0.3) is 5.91 Å². The average molecular weight is 568 g/mol. The van der Waals surface area contributed by atoms with E-state index in [1.807, 2.05) is 72.3 Å². The second kappa shape index (κ2) is 12.3. The molecule has 5 rings (SSSR count). The van der Waals surface area contributed by atoms with E-state index >= 15 is 0 Å². The van der Waals surface area contributed by atoms with E-state index in [-0.39, 0.29) is 17.7 Å². The number of imidazole rings is 1. The third-order valence-corrected chi connectivity index (χ3v) is 8.47. The van der Waals surface area contributed by atoms with E-state index in [2.05, 4.69) is 16.4 Å². The fourth-order valence-electron chi connectivity index (χ4n) is 4.43. The molecule has 9 heteroatoms. The molecular formula is C31H29N5O2S2. The Labute approximate surface area is 241 Å². The number of hydrogen-bond donors (Lipinski definition) is 1. The molecule has 3 heterocycles. The quantitative estimate of drug-likeness (QED) is 0.206. The van der Waals surface area contributed by atoms with Crippen LogP contribution in [-0.2, 0) is 24.4 Å². The molecule has 0 spiro atoms. The van der Waals surface area contributed by atoms with Crippen LogP contribution in [0.1, 0.15) is 51.6 Å². The van der Waals surface area contributed by atoms with E-state index < -0.39 is 0 Å². The van der Waals surface area contributed by atoms with E-state index in [4.69, 9.17) is 5.26 Å². The third-order valence-electron chi connectivity index (χ3n) is 6.48. The molecule has 3 aromatic heterocycles. The first-order valence-corrected chi connectivity index (χ1v) is 14.7. The minimum absolute atomic E-state index is 0.0321. The van der Waals surface area contributed by atoms with Crippen molar-refractivity contribution in [1.82, 2.24) is 14.9 Å². The highest BCUT2D eigenvalue weighted by molar-refractivity contribution is 7.20. The second-order valence-electron chi connectivity index (χ2n) is 9.99. The predicted octanol–water partition coefficient (Wildman–Crippen LogP) is 6.59. The lowest BCUT2D eigenvalue weighted by atomic mass is 10.1. The van der Waals surface area contributed by atoms with Gasteiger partial charge in [0.05, 0.1) is 41.6 Å². The lowest BCUT2D eigenvalue weighted by Crippen LogP contribution is -2.32. The number of amides is 2. The number of rotatable bonds is 10. The van der Waals surface area contributed by atoms with E-state index in [9.17, 15) is 9.59 Å². The van der Waals surface area contributed by atoms with Crippen LogP contribution >= 0.6 is 22.7 Å². The van der Waals surface area contributed by atoms with Crippen molar-refractivity contribution in [3.63, 3.8) is 0 Å². The number of nitrogens with one attached hydrogen (secondary N) is 1. The van der Waals surface area contributed by atoms with Gasteiger partial charge in [-0.15, -0.1) is 22.7 Å². The monoisotopic (exact) mass is 567 g/mol. The van der Waals surface area contributed by atoms with E-state index in [1.54, 1.807) is 40.9 Å². The Bertz CT molecular complexity index is 1660. The molecule has 0 aliphatic carbocycles. The highest BCUT2D eigenvalue weighted by atomic mass is 32.1. The first-order valence-electron chi connectivity index (χ1n) is 13.0. The van der Waals surface area contributed by atoms with Crippen LogP contribution in [-0.4, -0.2) is 21.4 Å². The molecule has 0 saturated carbocycles. The maximum Gasteiger partial charge on any atom is 0.261 e. The lowest BCUT2D eigenvalue weighted by molar-refractivity contribution is -0.119. The molecule has 0 atom stereocenters. The topological polar surface area (TPSA) is 91.0 Å². The zero-order chi connectivity index (χ0) is 28.1. The Morgan fingerprint density at radius 3 is 2.67 bits per heavy atom. The van der Waals surface area contributed by atoms with Gasteiger partial charge >= 0.3 is 0 Å². The van der Waals surface area contributed by atoms with Gasteiger partial charge in [-0.2, -0.15) is 5.26 Å². The van der Waals surface area contributed by atoms with E-state index in [0.717, 1.165) is 31.9 Å². The number of fused-ring (bicyclic) bond motifs is 1.